The minimum atomic E-state index is -0.519. The predicted octanol–water partition coefficient (Wildman–Crippen LogP) is 4.04. The SMILES string of the molecule is COc1ccc(C(=O)CCCc2ccccc2)c(F)c1. The van der Waals surface area contributed by atoms with Gasteiger partial charge in [-0.3, -0.25) is 4.79 Å². The molecule has 0 spiro atoms. The normalized spacial score (nSPS) is 10.3. The van der Waals surface area contributed by atoms with E-state index in [1.54, 1.807) is 6.07 Å². The maximum absolute atomic E-state index is 13.7. The maximum Gasteiger partial charge on any atom is 0.165 e. The van der Waals surface area contributed by atoms with Crippen molar-refractivity contribution in [1.82, 2.24) is 0 Å². The number of carbonyl (C=O) groups is 1. The molecule has 0 unspecified atom stereocenters. The Bertz CT molecular complexity index is 579. The Balaban J connectivity index is 1.92. The van der Waals surface area contributed by atoms with Crippen LogP contribution in [0.25, 0.3) is 0 Å². The highest BCUT2D eigenvalue weighted by molar-refractivity contribution is 5.96. The van der Waals surface area contributed by atoms with Gasteiger partial charge in [0.15, 0.2) is 5.78 Å². The van der Waals surface area contributed by atoms with E-state index in [1.165, 1.54) is 24.8 Å². The highest BCUT2D eigenvalue weighted by Gasteiger charge is 2.12. The first kappa shape index (κ1) is 14.3. The maximum atomic E-state index is 13.7. The van der Waals surface area contributed by atoms with Gasteiger partial charge in [-0.15, -0.1) is 0 Å². The summed E-state index contributed by atoms with van der Waals surface area (Å²) in [5.74, 6) is -0.265. The summed E-state index contributed by atoms with van der Waals surface area (Å²) < 4.78 is 18.7. The van der Waals surface area contributed by atoms with Crippen LogP contribution in [0.2, 0.25) is 0 Å². The Labute approximate surface area is 118 Å². The average molecular weight is 272 g/mol. The molecule has 0 aromatic heterocycles. The molecule has 0 saturated heterocycles. The van der Waals surface area contributed by atoms with Gasteiger partial charge < -0.3 is 4.74 Å². The highest BCUT2D eigenvalue weighted by atomic mass is 19.1. The summed E-state index contributed by atoms with van der Waals surface area (Å²) in [6, 6.07) is 14.3. The monoisotopic (exact) mass is 272 g/mol. The minimum Gasteiger partial charge on any atom is -0.497 e. The van der Waals surface area contributed by atoms with Gasteiger partial charge in [0.1, 0.15) is 11.6 Å². The molecule has 2 nitrogen and oxygen atoms in total. The molecule has 0 fully saturated rings. The zero-order valence-corrected chi connectivity index (χ0v) is 11.4. The lowest BCUT2D eigenvalue weighted by molar-refractivity contribution is 0.0976. The molecule has 0 aliphatic rings. The first-order valence-corrected chi connectivity index (χ1v) is 6.61. The van der Waals surface area contributed by atoms with Gasteiger partial charge >= 0.3 is 0 Å². The Kier molecular flexibility index (Phi) is 4.88. The largest absolute Gasteiger partial charge is 0.497 e. The van der Waals surface area contributed by atoms with Crippen LogP contribution in [0.5, 0.6) is 5.75 Å². The first-order valence-electron chi connectivity index (χ1n) is 6.61. The van der Waals surface area contributed by atoms with E-state index in [2.05, 4.69) is 0 Å². The number of aryl methyl sites for hydroxylation is 1. The third-order valence-corrected chi connectivity index (χ3v) is 3.19. The third kappa shape index (κ3) is 3.67. The molecule has 0 bridgehead atoms. The van der Waals surface area contributed by atoms with E-state index in [1.807, 2.05) is 30.3 Å². The fourth-order valence-corrected chi connectivity index (χ4v) is 2.08. The van der Waals surface area contributed by atoms with Crippen LogP contribution in [0.1, 0.15) is 28.8 Å². The van der Waals surface area contributed by atoms with Crippen molar-refractivity contribution in [3.63, 3.8) is 0 Å². The number of hydrogen-bond acceptors (Lipinski definition) is 2. The van der Waals surface area contributed by atoms with Crippen molar-refractivity contribution in [1.29, 1.82) is 0 Å². The van der Waals surface area contributed by atoms with Crippen molar-refractivity contribution in [2.75, 3.05) is 7.11 Å². The van der Waals surface area contributed by atoms with Crippen LogP contribution in [-0.4, -0.2) is 12.9 Å². The second kappa shape index (κ2) is 6.85. The fourth-order valence-electron chi connectivity index (χ4n) is 2.08. The molecular weight excluding hydrogens is 255 g/mol. The Morgan fingerprint density at radius 3 is 2.55 bits per heavy atom. The Morgan fingerprint density at radius 2 is 1.90 bits per heavy atom. The predicted molar refractivity (Wildman–Crippen MR) is 76.7 cm³/mol. The summed E-state index contributed by atoms with van der Waals surface area (Å²) in [5.41, 5.74) is 1.33. The van der Waals surface area contributed by atoms with E-state index in [0.717, 1.165) is 6.42 Å². The number of methoxy groups -OCH3 is 1. The van der Waals surface area contributed by atoms with Crippen LogP contribution in [0.15, 0.2) is 48.5 Å². The standard InChI is InChI=1S/C17H17FO2/c1-20-14-10-11-15(16(18)12-14)17(19)9-5-8-13-6-3-2-4-7-13/h2-4,6-7,10-12H,5,8-9H2,1H3. The summed E-state index contributed by atoms with van der Waals surface area (Å²) >= 11 is 0. The quantitative estimate of drug-likeness (QED) is 0.742. The number of rotatable bonds is 6. The third-order valence-electron chi connectivity index (χ3n) is 3.19. The number of ketones is 1. The van der Waals surface area contributed by atoms with Crippen LogP contribution < -0.4 is 4.74 Å². The molecule has 0 saturated carbocycles. The molecule has 3 heteroatoms. The molecule has 0 aliphatic heterocycles. The van der Waals surface area contributed by atoms with Crippen LogP contribution in [-0.2, 0) is 6.42 Å². The fraction of sp³-hybridized carbons (Fsp3) is 0.235. The van der Waals surface area contributed by atoms with E-state index < -0.39 is 5.82 Å². The number of carbonyl (C=O) groups excluding carboxylic acids is 1. The lowest BCUT2D eigenvalue weighted by atomic mass is 10.0. The van der Waals surface area contributed by atoms with Crippen LogP contribution in [0.4, 0.5) is 4.39 Å². The van der Waals surface area contributed by atoms with Crippen molar-refractivity contribution in [2.45, 2.75) is 19.3 Å². The van der Waals surface area contributed by atoms with E-state index in [-0.39, 0.29) is 11.3 Å². The number of ether oxygens (including phenoxy) is 1. The Hall–Kier alpha value is -2.16. The van der Waals surface area contributed by atoms with Crippen LogP contribution in [0, 0.1) is 5.82 Å². The van der Waals surface area contributed by atoms with Crippen LogP contribution in [0.3, 0.4) is 0 Å². The smallest absolute Gasteiger partial charge is 0.165 e. The second-order valence-electron chi connectivity index (χ2n) is 4.61. The van der Waals surface area contributed by atoms with Gasteiger partial charge in [-0.25, -0.2) is 4.39 Å². The molecule has 0 N–H and O–H groups in total. The van der Waals surface area contributed by atoms with Crippen molar-refractivity contribution < 1.29 is 13.9 Å². The molecular formula is C17H17FO2. The molecule has 104 valence electrons. The molecule has 2 rings (SSSR count). The van der Waals surface area contributed by atoms with E-state index in [0.29, 0.717) is 18.6 Å². The molecule has 0 heterocycles. The first-order chi connectivity index (χ1) is 9.70. The van der Waals surface area contributed by atoms with Gasteiger partial charge in [0, 0.05) is 12.5 Å². The lowest BCUT2D eigenvalue weighted by Gasteiger charge is -2.05. The molecule has 0 aliphatic carbocycles. The summed E-state index contributed by atoms with van der Waals surface area (Å²) in [5, 5.41) is 0. The molecule has 0 radical (unpaired) electrons. The number of halogens is 1. The van der Waals surface area contributed by atoms with Gasteiger partial charge in [-0.2, -0.15) is 0 Å². The van der Waals surface area contributed by atoms with Gasteiger partial charge in [0.25, 0.3) is 0 Å². The molecule has 0 atom stereocenters. The van der Waals surface area contributed by atoms with Gasteiger partial charge in [0.2, 0.25) is 0 Å². The number of Topliss-reactive ketones (excluding diaryl/α,β-unsaturated/α-hetero) is 1. The van der Waals surface area contributed by atoms with E-state index >= 15 is 0 Å². The highest BCUT2D eigenvalue weighted by Crippen LogP contribution is 2.18. The Morgan fingerprint density at radius 1 is 1.15 bits per heavy atom. The topological polar surface area (TPSA) is 26.3 Å². The molecule has 2 aromatic rings. The van der Waals surface area contributed by atoms with E-state index in [4.69, 9.17) is 4.74 Å². The number of benzene rings is 2. The van der Waals surface area contributed by atoms with Gasteiger partial charge in [0.05, 0.1) is 12.7 Å². The molecule has 2 aromatic carbocycles. The van der Waals surface area contributed by atoms with Gasteiger partial charge in [-0.05, 0) is 30.5 Å². The second-order valence-corrected chi connectivity index (χ2v) is 4.61. The summed E-state index contributed by atoms with van der Waals surface area (Å²) in [6.45, 7) is 0. The minimum absolute atomic E-state index is 0.138. The molecule has 20 heavy (non-hydrogen) atoms. The van der Waals surface area contributed by atoms with Gasteiger partial charge in [-0.1, -0.05) is 30.3 Å². The zero-order chi connectivity index (χ0) is 14.4. The van der Waals surface area contributed by atoms with Crippen LogP contribution >= 0.6 is 0 Å². The number of hydrogen-bond donors (Lipinski definition) is 0. The van der Waals surface area contributed by atoms with Crippen molar-refractivity contribution in [3.05, 3.63) is 65.5 Å². The van der Waals surface area contributed by atoms with Crippen molar-refractivity contribution in [3.8, 4) is 5.75 Å². The summed E-state index contributed by atoms with van der Waals surface area (Å²) in [7, 11) is 1.47. The lowest BCUT2D eigenvalue weighted by Crippen LogP contribution is -2.03. The summed E-state index contributed by atoms with van der Waals surface area (Å²) in [6.07, 6.45) is 1.89. The average Bonchev–Trinajstić information content (AvgIpc) is 2.48. The van der Waals surface area contributed by atoms with Crippen molar-refractivity contribution in [2.24, 2.45) is 0 Å². The zero-order valence-electron chi connectivity index (χ0n) is 11.4. The summed E-state index contributed by atoms with van der Waals surface area (Å²) in [4.78, 5) is 12.0. The van der Waals surface area contributed by atoms with Crippen molar-refractivity contribution >= 4 is 5.78 Å². The molecule has 0 amide bonds. The van der Waals surface area contributed by atoms with E-state index in [9.17, 15) is 9.18 Å².